The summed E-state index contributed by atoms with van der Waals surface area (Å²) in [5, 5.41) is 0.211. The fourth-order valence-electron chi connectivity index (χ4n) is 0.652. The Hall–Kier alpha value is -0.370. The average Bonchev–Trinajstić information content (AvgIpc) is 2.08. The Kier molecular flexibility index (Phi) is 1.58. The van der Waals surface area contributed by atoms with E-state index in [2.05, 4.69) is 0 Å². The molecule has 0 amide bonds. The zero-order chi connectivity index (χ0) is 6.91. The maximum Gasteiger partial charge on any atom is 0.352 e. The molecule has 0 saturated heterocycles. The summed E-state index contributed by atoms with van der Waals surface area (Å²) in [5.74, 6) is 0. The van der Waals surface area contributed by atoms with Gasteiger partial charge in [-0.2, -0.15) is 0 Å². The van der Waals surface area contributed by atoms with Crippen LogP contribution in [0, 0.1) is 0 Å². The molecule has 1 rings (SSSR count). The lowest BCUT2D eigenvalue weighted by Crippen LogP contribution is -1.79. The Morgan fingerprint density at radius 2 is 2.22 bits per heavy atom. The largest absolute Gasteiger partial charge is 0.352 e. The predicted molar refractivity (Wildman–Crippen MR) is 33.9 cm³/mol. The van der Waals surface area contributed by atoms with Crippen LogP contribution in [-0.4, -0.2) is 9.79 Å². The molecule has 0 aromatic rings. The smallest absolute Gasteiger partial charge is 0.321 e. The normalized spacial score (nSPS) is 18.2. The lowest BCUT2D eigenvalue weighted by atomic mass is 10.5. The maximum atomic E-state index is 10.4. The zero-order valence-electron chi connectivity index (χ0n) is 4.69. The molecule has 2 N–H and O–H groups in total. The third kappa shape index (κ3) is 1.52. The Bertz CT molecular complexity index is 210. The SMILES string of the molecule is O=P(O)(O)C1=CC=CC1. The second kappa shape index (κ2) is 2.10. The molecule has 3 nitrogen and oxygen atoms in total. The van der Waals surface area contributed by atoms with Gasteiger partial charge in [-0.05, 0) is 6.42 Å². The van der Waals surface area contributed by atoms with Crippen LogP contribution in [0.25, 0.3) is 0 Å². The first-order valence-electron chi connectivity index (χ1n) is 2.52. The molecule has 0 bridgehead atoms. The Balaban J connectivity index is 2.78. The van der Waals surface area contributed by atoms with Gasteiger partial charge in [0.15, 0.2) is 0 Å². The predicted octanol–water partition coefficient (Wildman–Crippen LogP) is 1.01. The molecule has 1 aliphatic rings. The summed E-state index contributed by atoms with van der Waals surface area (Å²) in [6.45, 7) is 0. The molecule has 0 aromatic heterocycles. The van der Waals surface area contributed by atoms with Gasteiger partial charge in [0.05, 0.1) is 0 Å². The highest BCUT2D eigenvalue weighted by molar-refractivity contribution is 7.56. The molecule has 0 heterocycles. The van der Waals surface area contributed by atoms with E-state index in [0.717, 1.165) is 0 Å². The zero-order valence-corrected chi connectivity index (χ0v) is 5.58. The first-order valence-corrected chi connectivity index (χ1v) is 4.14. The van der Waals surface area contributed by atoms with Crippen molar-refractivity contribution in [2.45, 2.75) is 6.42 Å². The van der Waals surface area contributed by atoms with Gasteiger partial charge in [0.1, 0.15) is 0 Å². The van der Waals surface area contributed by atoms with E-state index in [1.54, 1.807) is 12.2 Å². The molecule has 0 saturated carbocycles. The summed E-state index contributed by atoms with van der Waals surface area (Å²) in [6.07, 6.45) is 5.22. The van der Waals surface area contributed by atoms with Crippen molar-refractivity contribution in [3.8, 4) is 0 Å². The van der Waals surface area contributed by atoms with Gasteiger partial charge in [-0.15, -0.1) is 0 Å². The van der Waals surface area contributed by atoms with Crippen LogP contribution < -0.4 is 0 Å². The molecule has 0 radical (unpaired) electrons. The van der Waals surface area contributed by atoms with Gasteiger partial charge in [-0.3, -0.25) is 4.57 Å². The number of hydrogen-bond acceptors (Lipinski definition) is 1. The summed E-state index contributed by atoms with van der Waals surface area (Å²) in [4.78, 5) is 17.0. The van der Waals surface area contributed by atoms with Gasteiger partial charge < -0.3 is 9.79 Å². The highest BCUT2D eigenvalue weighted by Crippen LogP contribution is 2.48. The van der Waals surface area contributed by atoms with Crippen molar-refractivity contribution < 1.29 is 14.4 Å². The van der Waals surface area contributed by atoms with Gasteiger partial charge in [0, 0.05) is 5.31 Å². The van der Waals surface area contributed by atoms with Crippen LogP contribution in [0.3, 0.4) is 0 Å². The van der Waals surface area contributed by atoms with Crippen molar-refractivity contribution in [3.05, 3.63) is 23.5 Å². The van der Waals surface area contributed by atoms with Crippen LogP contribution in [0.1, 0.15) is 6.42 Å². The van der Waals surface area contributed by atoms with Gasteiger partial charge in [0.2, 0.25) is 0 Å². The summed E-state index contributed by atoms with van der Waals surface area (Å²) < 4.78 is 10.4. The van der Waals surface area contributed by atoms with Crippen LogP contribution in [0.5, 0.6) is 0 Å². The molecule has 0 aliphatic heterocycles. The van der Waals surface area contributed by atoms with Gasteiger partial charge in [-0.25, -0.2) is 0 Å². The highest BCUT2D eigenvalue weighted by Gasteiger charge is 2.19. The standard InChI is InChI=1S/C5H7O3P/c6-9(7,8)5-3-1-2-4-5/h1-3H,4H2,(H2,6,7,8). The molecule has 0 aromatic carbocycles. The number of hydrogen-bond donors (Lipinski definition) is 2. The molecular weight excluding hydrogens is 139 g/mol. The van der Waals surface area contributed by atoms with Crippen molar-refractivity contribution in [1.29, 1.82) is 0 Å². The first kappa shape index (κ1) is 6.75. The number of rotatable bonds is 1. The van der Waals surface area contributed by atoms with E-state index < -0.39 is 7.60 Å². The average molecular weight is 146 g/mol. The van der Waals surface area contributed by atoms with Crippen LogP contribution in [0.2, 0.25) is 0 Å². The number of allylic oxidation sites excluding steroid dienone is 4. The van der Waals surface area contributed by atoms with E-state index in [4.69, 9.17) is 9.79 Å². The molecule has 4 heteroatoms. The van der Waals surface area contributed by atoms with E-state index in [1.807, 2.05) is 0 Å². The van der Waals surface area contributed by atoms with Crippen LogP contribution in [0.4, 0.5) is 0 Å². The third-order valence-corrected chi connectivity index (χ3v) is 2.21. The van der Waals surface area contributed by atoms with Crippen molar-refractivity contribution in [3.63, 3.8) is 0 Å². The minimum atomic E-state index is -3.91. The van der Waals surface area contributed by atoms with Crippen LogP contribution >= 0.6 is 7.60 Å². The van der Waals surface area contributed by atoms with Crippen molar-refractivity contribution in [2.75, 3.05) is 0 Å². The fourth-order valence-corrected chi connectivity index (χ4v) is 1.28. The second-order valence-electron chi connectivity index (χ2n) is 1.83. The minimum Gasteiger partial charge on any atom is -0.321 e. The maximum absolute atomic E-state index is 10.4. The molecule has 9 heavy (non-hydrogen) atoms. The molecule has 0 fully saturated rings. The Morgan fingerprint density at radius 3 is 2.44 bits per heavy atom. The van der Waals surface area contributed by atoms with Gasteiger partial charge >= 0.3 is 7.60 Å². The monoisotopic (exact) mass is 146 g/mol. The van der Waals surface area contributed by atoms with E-state index in [0.29, 0.717) is 6.42 Å². The highest BCUT2D eigenvalue weighted by atomic mass is 31.2. The fraction of sp³-hybridized carbons (Fsp3) is 0.200. The minimum absolute atomic E-state index is 0.211. The lowest BCUT2D eigenvalue weighted by Gasteiger charge is -2.01. The Morgan fingerprint density at radius 1 is 1.56 bits per heavy atom. The van der Waals surface area contributed by atoms with Crippen molar-refractivity contribution in [2.24, 2.45) is 0 Å². The molecule has 0 atom stereocenters. The van der Waals surface area contributed by atoms with E-state index in [-0.39, 0.29) is 5.31 Å². The van der Waals surface area contributed by atoms with Gasteiger partial charge in [0.25, 0.3) is 0 Å². The van der Waals surface area contributed by atoms with E-state index in [9.17, 15) is 4.57 Å². The first-order chi connectivity index (χ1) is 4.11. The summed E-state index contributed by atoms with van der Waals surface area (Å²) in [6, 6.07) is 0. The third-order valence-electron chi connectivity index (χ3n) is 1.13. The van der Waals surface area contributed by atoms with Crippen LogP contribution in [0.15, 0.2) is 23.5 Å². The van der Waals surface area contributed by atoms with E-state index in [1.165, 1.54) is 6.08 Å². The topological polar surface area (TPSA) is 57.5 Å². The summed E-state index contributed by atoms with van der Waals surface area (Å²) >= 11 is 0. The van der Waals surface area contributed by atoms with Crippen molar-refractivity contribution in [1.82, 2.24) is 0 Å². The summed E-state index contributed by atoms with van der Waals surface area (Å²) in [7, 11) is -3.91. The molecule has 0 unspecified atom stereocenters. The molecule has 0 spiro atoms. The van der Waals surface area contributed by atoms with Crippen molar-refractivity contribution >= 4 is 7.60 Å². The quantitative estimate of drug-likeness (QED) is 0.542. The second-order valence-corrected chi connectivity index (χ2v) is 3.50. The molecule has 50 valence electrons. The summed E-state index contributed by atoms with van der Waals surface area (Å²) in [5.41, 5.74) is 0. The van der Waals surface area contributed by atoms with E-state index >= 15 is 0 Å². The lowest BCUT2D eigenvalue weighted by molar-refractivity contribution is 0.381. The van der Waals surface area contributed by atoms with Crippen LogP contribution in [-0.2, 0) is 4.57 Å². The van der Waals surface area contributed by atoms with Gasteiger partial charge in [-0.1, -0.05) is 18.2 Å². The Labute approximate surface area is 52.9 Å². The molecular formula is C5H7O3P. The molecule has 1 aliphatic carbocycles.